The van der Waals surface area contributed by atoms with Crippen LogP contribution in [0.3, 0.4) is 0 Å². The Kier molecular flexibility index (Phi) is 7.55. The van der Waals surface area contributed by atoms with E-state index in [-0.39, 0.29) is 0 Å². The monoisotopic (exact) mass is 346 g/mol. The van der Waals surface area contributed by atoms with Gasteiger partial charge in [-0.15, -0.1) is 11.3 Å². The molecule has 0 unspecified atom stereocenters. The van der Waals surface area contributed by atoms with E-state index in [1.54, 1.807) is 25.5 Å². The van der Waals surface area contributed by atoms with Gasteiger partial charge in [0.15, 0.2) is 5.96 Å². The molecule has 1 aromatic carbocycles. The molecule has 6 heteroatoms. The van der Waals surface area contributed by atoms with Crippen molar-refractivity contribution in [3.05, 3.63) is 45.9 Å². The van der Waals surface area contributed by atoms with E-state index in [2.05, 4.69) is 39.7 Å². The summed E-state index contributed by atoms with van der Waals surface area (Å²) in [6, 6.07) is 8.15. The SMILES string of the molecule is CCc1cnc(CCNC(=NC)NCCc2ccc(OC)cc2)s1. The quantitative estimate of drug-likeness (QED) is 0.570. The second kappa shape index (κ2) is 9.93. The first-order valence-electron chi connectivity index (χ1n) is 8.26. The zero-order valence-corrected chi connectivity index (χ0v) is 15.4. The number of hydrogen-bond donors (Lipinski definition) is 2. The molecule has 130 valence electrons. The van der Waals surface area contributed by atoms with E-state index in [0.717, 1.165) is 44.1 Å². The third kappa shape index (κ3) is 5.85. The Bertz CT molecular complexity index is 637. The van der Waals surface area contributed by atoms with Crippen LogP contribution in [-0.2, 0) is 19.3 Å². The van der Waals surface area contributed by atoms with Gasteiger partial charge < -0.3 is 15.4 Å². The van der Waals surface area contributed by atoms with Crippen LogP contribution in [0.2, 0.25) is 0 Å². The molecule has 0 aliphatic carbocycles. The van der Waals surface area contributed by atoms with Gasteiger partial charge in [0.25, 0.3) is 0 Å². The summed E-state index contributed by atoms with van der Waals surface area (Å²) in [5.74, 6) is 1.72. The highest BCUT2D eigenvalue weighted by molar-refractivity contribution is 7.11. The fourth-order valence-corrected chi connectivity index (χ4v) is 3.11. The van der Waals surface area contributed by atoms with Crippen molar-refractivity contribution in [3.63, 3.8) is 0 Å². The molecule has 0 atom stereocenters. The van der Waals surface area contributed by atoms with Gasteiger partial charge in [-0.2, -0.15) is 0 Å². The van der Waals surface area contributed by atoms with Crippen molar-refractivity contribution in [3.8, 4) is 5.75 Å². The van der Waals surface area contributed by atoms with Gasteiger partial charge in [0, 0.05) is 37.6 Å². The topological polar surface area (TPSA) is 58.5 Å². The lowest BCUT2D eigenvalue weighted by molar-refractivity contribution is 0.414. The van der Waals surface area contributed by atoms with E-state index >= 15 is 0 Å². The molecule has 0 saturated carbocycles. The lowest BCUT2D eigenvalue weighted by Crippen LogP contribution is -2.39. The van der Waals surface area contributed by atoms with Crippen LogP contribution in [0.1, 0.15) is 22.4 Å². The van der Waals surface area contributed by atoms with Crippen molar-refractivity contribution in [2.75, 3.05) is 27.2 Å². The Balaban J connectivity index is 1.68. The Labute approximate surface area is 148 Å². The highest BCUT2D eigenvalue weighted by Crippen LogP contribution is 2.13. The zero-order valence-electron chi connectivity index (χ0n) is 14.6. The van der Waals surface area contributed by atoms with E-state index < -0.39 is 0 Å². The Hall–Kier alpha value is -2.08. The average Bonchev–Trinajstić information content (AvgIpc) is 3.09. The summed E-state index contributed by atoms with van der Waals surface area (Å²) in [5, 5.41) is 7.85. The zero-order chi connectivity index (χ0) is 17.2. The first kappa shape index (κ1) is 18.3. The third-order valence-corrected chi connectivity index (χ3v) is 4.87. The van der Waals surface area contributed by atoms with Crippen LogP contribution in [0.4, 0.5) is 0 Å². The summed E-state index contributed by atoms with van der Waals surface area (Å²) in [7, 11) is 3.47. The number of methoxy groups -OCH3 is 1. The molecular weight excluding hydrogens is 320 g/mol. The molecule has 24 heavy (non-hydrogen) atoms. The predicted octanol–water partition coefficient (Wildman–Crippen LogP) is 2.66. The summed E-state index contributed by atoms with van der Waals surface area (Å²) in [5.41, 5.74) is 1.27. The lowest BCUT2D eigenvalue weighted by atomic mass is 10.1. The number of guanidine groups is 1. The van der Waals surface area contributed by atoms with Crippen LogP contribution in [0.25, 0.3) is 0 Å². The molecule has 2 N–H and O–H groups in total. The van der Waals surface area contributed by atoms with Crippen LogP contribution in [0.15, 0.2) is 35.5 Å². The number of hydrogen-bond acceptors (Lipinski definition) is 4. The summed E-state index contributed by atoms with van der Waals surface area (Å²) in [6.45, 7) is 3.83. The molecule has 1 heterocycles. The number of ether oxygens (including phenoxy) is 1. The predicted molar refractivity (Wildman–Crippen MR) is 101 cm³/mol. The number of nitrogens with zero attached hydrogens (tertiary/aromatic N) is 2. The van der Waals surface area contributed by atoms with E-state index in [1.807, 2.05) is 18.3 Å². The van der Waals surface area contributed by atoms with Crippen molar-refractivity contribution < 1.29 is 4.74 Å². The van der Waals surface area contributed by atoms with Crippen molar-refractivity contribution in [2.24, 2.45) is 4.99 Å². The number of nitrogens with one attached hydrogen (secondary N) is 2. The number of aryl methyl sites for hydroxylation is 1. The maximum Gasteiger partial charge on any atom is 0.191 e. The first-order valence-corrected chi connectivity index (χ1v) is 9.07. The smallest absolute Gasteiger partial charge is 0.191 e. The van der Waals surface area contributed by atoms with Gasteiger partial charge in [0.1, 0.15) is 5.75 Å². The summed E-state index contributed by atoms with van der Waals surface area (Å²) in [6.07, 6.45) is 4.89. The fourth-order valence-electron chi connectivity index (χ4n) is 2.25. The van der Waals surface area contributed by atoms with E-state index in [1.165, 1.54) is 15.4 Å². The molecule has 2 aromatic rings. The minimum Gasteiger partial charge on any atom is -0.497 e. The van der Waals surface area contributed by atoms with Gasteiger partial charge in [-0.25, -0.2) is 4.98 Å². The summed E-state index contributed by atoms with van der Waals surface area (Å²) >= 11 is 1.79. The molecule has 5 nitrogen and oxygen atoms in total. The van der Waals surface area contributed by atoms with Gasteiger partial charge in [-0.3, -0.25) is 4.99 Å². The van der Waals surface area contributed by atoms with Crippen LogP contribution < -0.4 is 15.4 Å². The van der Waals surface area contributed by atoms with Crippen LogP contribution in [0.5, 0.6) is 5.75 Å². The highest BCUT2D eigenvalue weighted by Gasteiger charge is 2.02. The van der Waals surface area contributed by atoms with Crippen molar-refractivity contribution >= 4 is 17.3 Å². The molecule has 0 aliphatic heterocycles. The molecule has 0 radical (unpaired) electrons. The Morgan fingerprint density at radius 3 is 2.46 bits per heavy atom. The van der Waals surface area contributed by atoms with Gasteiger partial charge >= 0.3 is 0 Å². The van der Waals surface area contributed by atoms with Gasteiger partial charge in [0.2, 0.25) is 0 Å². The van der Waals surface area contributed by atoms with Crippen LogP contribution in [0, 0.1) is 0 Å². The van der Waals surface area contributed by atoms with Crippen LogP contribution >= 0.6 is 11.3 Å². The van der Waals surface area contributed by atoms with Gasteiger partial charge in [0.05, 0.1) is 12.1 Å². The average molecular weight is 347 g/mol. The second-order valence-corrected chi connectivity index (χ2v) is 6.55. The molecule has 2 rings (SSSR count). The molecule has 0 amide bonds. The molecule has 0 fully saturated rings. The van der Waals surface area contributed by atoms with Crippen molar-refractivity contribution in [1.29, 1.82) is 0 Å². The van der Waals surface area contributed by atoms with Crippen molar-refractivity contribution in [1.82, 2.24) is 15.6 Å². The third-order valence-electron chi connectivity index (χ3n) is 3.67. The Morgan fingerprint density at radius 2 is 1.88 bits per heavy atom. The molecule has 0 bridgehead atoms. The fraction of sp³-hybridized carbons (Fsp3) is 0.444. The van der Waals surface area contributed by atoms with E-state index in [4.69, 9.17) is 4.74 Å². The van der Waals surface area contributed by atoms with Crippen LogP contribution in [-0.4, -0.2) is 38.2 Å². The molecular formula is C18H26N4OS. The second-order valence-electron chi connectivity index (χ2n) is 5.35. The largest absolute Gasteiger partial charge is 0.497 e. The maximum absolute atomic E-state index is 5.17. The summed E-state index contributed by atoms with van der Waals surface area (Å²) < 4.78 is 5.17. The maximum atomic E-state index is 5.17. The number of rotatable bonds is 8. The molecule has 0 aliphatic rings. The lowest BCUT2D eigenvalue weighted by Gasteiger charge is -2.11. The standard InChI is InChI=1S/C18H26N4OS/c1-4-16-13-22-17(24-16)10-12-21-18(19-2)20-11-9-14-5-7-15(23-3)8-6-14/h5-8,13H,4,9-12H2,1-3H3,(H2,19,20,21). The minimum atomic E-state index is 0.829. The first-order chi connectivity index (χ1) is 11.7. The van der Waals surface area contributed by atoms with Gasteiger partial charge in [-0.1, -0.05) is 19.1 Å². The number of aromatic nitrogens is 1. The summed E-state index contributed by atoms with van der Waals surface area (Å²) in [4.78, 5) is 10.0. The van der Waals surface area contributed by atoms with Crippen molar-refractivity contribution in [2.45, 2.75) is 26.2 Å². The van der Waals surface area contributed by atoms with Gasteiger partial charge in [-0.05, 0) is 30.5 Å². The normalized spacial score (nSPS) is 11.4. The highest BCUT2D eigenvalue weighted by atomic mass is 32.1. The van der Waals surface area contributed by atoms with E-state index in [9.17, 15) is 0 Å². The number of aliphatic imine (C=N–C) groups is 1. The Morgan fingerprint density at radius 1 is 1.17 bits per heavy atom. The number of thiazole rings is 1. The minimum absolute atomic E-state index is 0.829. The molecule has 0 saturated heterocycles. The van der Waals surface area contributed by atoms with E-state index in [0.29, 0.717) is 0 Å². The number of benzene rings is 1. The molecule has 1 aromatic heterocycles. The molecule has 0 spiro atoms.